The summed E-state index contributed by atoms with van der Waals surface area (Å²) in [4.78, 5) is 15.0. The molecule has 0 atom stereocenters. The molecule has 3 N–H and O–H groups in total. The first-order valence-electron chi connectivity index (χ1n) is 10.4. The summed E-state index contributed by atoms with van der Waals surface area (Å²) in [7, 11) is 0. The zero-order valence-electron chi connectivity index (χ0n) is 18.2. The maximum Gasteiger partial charge on any atom is 0.324 e. The average molecular weight is 399 g/mol. The minimum atomic E-state index is -0.262. The summed E-state index contributed by atoms with van der Waals surface area (Å²) in [6.45, 7) is 15.6. The van der Waals surface area contributed by atoms with Crippen molar-refractivity contribution in [2.75, 3.05) is 36.8 Å². The Morgan fingerprint density at radius 2 is 1.79 bits per heavy atom. The Morgan fingerprint density at radius 3 is 2.38 bits per heavy atom. The van der Waals surface area contributed by atoms with Crippen LogP contribution in [0.1, 0.15) is 51.9 Å². The first-order chi connectivity index (χ1) is 13.7. The maximum atomic E-state index is 12.5. The van der Waals surface area contributed by atoms with E-state index in [9.17, 15) is 4.79 Å². The number of nitrogens with one attached hydrogen (secondary N) is 3. The number of anilines is 2. The fraction of sp³-hybridized carbons (Fsp3) is 0.545. The highest BCUT2D eigenvalue weighted by atomic mass is 16.2. The van der Waals surface area contributed by atoms with Gasteiger partial charge in [0.15, 0.2) is 0 Å². The summed E-state index contributed by atoms with van der Waals surface area (Å²) >= 11 is 0. The molecule has 0 saturated carbocycles. The Hall–Kier alpha value is -2.38. The smallest absolute Gasteiger partial charge is 0.314 e. The van der Waals surface area contributed by atoms with Gasteiger partial charge in [-0.25, -0.2) is 9.48 Å². The van der Waals surface area contributed by atoms with Gasteiger partial charge in [-0.1, -0.05) is 32.9 Å². The summed E-state index contributed by atoms with van der Waals surface area (Å²) in [6.07, 6.45) is 0. The van der Waals surface area contributed by atoms with Gasteiger partial charge in [-0.3, -0.25) is 10.2 Å². The molecule has 1 aliphatic rings. The molecule has 3 rings (SSSR count). The molecule has 2 amide bonds. The van der Waals surface area contributed by atoms with Gasteiger partial charge in [0.05, 0.1) is 5.69 Å². The quantitative estimate of drug-likeness (QED) is 0.716. The number of benzene rings is 1. The lowest BCUT2D eigenvalue weighted by Crippen LogP contribution is -2.42. The Labute approximate surface area is 173 Å². The van der Waals surface area contributed by atoms with Crippen LogP contribution in [0.2, 0.25) is 0 Å². The van der Waals surface area contributed by atoms with Gasteiger partial charge in [-0.05, 0) is 31.5 Å². The number of aromatic nitrogens is 2. The van der Waals surface area contributed by atoms with Crippen molar-refractivity contribution in [3.8, 4) is 0 Å². The van der Waals surface area contributed by atoms with Crippen LogP contribution >= 0.6 is 0 Å². The third-order valence-corrected chi connectivity index (χ3v) is 5.06. The van der Waals surface area contributed by atoms with E-state index in [1.807, 2.05) is 22.9 Å². The lowest BCUT2D eigenvalue weighted by molar-refractivity contribution is 0.233. The third-order valence-electron chi connectivity index (χ3n) is 5.06. The number of piperazine rings is 1. The number of carbonyl (C=O) groups is 1. The van der Waals surface area contributed by atoms with E-state index in [0.29, 0.717) is 5.82 Å². The highest BCUT2D eigenvalue weighted by molar-refractivity contribution is 5.99. The molecule has 0 bridgehead atoms. The molecule has 7 nitrogen and oxygen atoms in total. The third kappa shape index (κ3) is 5.81. The molecule has 2 heterocycles. The molecular weight excluding hydrogens is 364 g/mol. The number of carbonyl (C=O) groups excluding carboxylic acids is 1. The predicted octanol–water partition coefficient (Wildman–Crippen LogP) is 3.81. The van der Waals surface area contributed by atoms with E-state index in [2.05, 4.69) is 72.7 Å². The second kappa shape index (κ2) is 8.97. The van der Waals surface area contributed by atoms with Crippen molar-refractivity contribution in [1.29, 1.82) is 0 Å². The Kier molecular flexibility index (Phi) is 6.59. The van der Waals surface area contributed by atoms with E-state index in [1.165, 1.54) is 5.56 Å². The molecule has 1 aromatic heterocycles. The molecule has 0 radical (unpaired) electrons. The maximum absolute atomic E-state index is 12.5. The lowest BCUT2D eigenvalue weighted by atomic mass is 9.92. The fourth-order valence-corrected chi connectivity index (χ4v) is 3.35. The molecule has 158 valence electrons. The molecule has 0 unspecified atom stereocenters. The van der Waals surface area contributed by atoms with Crippen LogP contribution in [0.4, 0.5) is 16.3 Å². The Morgan fingerprint density at radius 1 is 1.14 bits per heavy atom. The minimum Gasteiger partial charge on any atom is -0.314 e. The van der Waals surface area contributed by atoms with E-state index in [0.717, 1.165) is 44.1 Å². The topological polar surface area (TPSA) is 74.2 Å². The van der Waals surface area contributed by atoms with Crippen LogP contribution < -0.4 is 16.0 Å². The molecule has 1 fully saturated rings. The van der Waals surface area contributed by atoms with Crippen molar-refractivity contribution in [2.45, 2.75) is 52.6 Å². The monoisotopic (exact) mass is 398 g/mol. The zero-order valence-corrected chi connectivity index (χ0v) is 18.2. The number of urea groups is 1. The van der Waals surface area contributed by atoms with Gasteiger partial charge in [0.25, 0.3) is 0 Å². The summed E-state index contributed by atoms with van der Waals surface area (Å²) < 4.78 is 1.86. The van der Waals surface area contributed by atoms with Gasteiger partial charge in [-0.15, -0.1) is 0 Å². The molecule has 1 aliphatic heterocycles. The van der Waals surface area contributed by atoms with Crippen molar-refractivity contribution < 1.29 is 4.79 Å². The van der Waals surface area contributed by atoms with Crippen LogP contribution in [-0.2, 0) is 12.0 Å². The van der Waals surface area contributed by atoms with Crippen molar-refractivity contribution in [3.05, 3.63) is 41.6 Å². The van der Waals surface area contributed by atoms with Crippen LogP contribution in [0, 0.1) is 0 Å². The van der Waals surface area contributed by atoms with Crippen LogP contribution in [0.15, 0.2) is 30.3 Å². The standard InChI is InChI=1S/C22H34N6O/c1-16(2)28-20(14-19(26-28)22(3,4)5)25-21(29)24-18-8-6-17(7-9-18)15-27-12-10-23-11-13-27/h6-9,14,16,23H,10-13,15H2,1-5H3,(H2,24,25,29). The zero-order chi connectivity index (χ0) is 21.0. The van der Waals surface area contributed by atoms with Gasteiger partial charge < -0.3 is 10.6 Å². The number of amides is 2. The van der Waals surface area contributed by atoms with E-state index in [1.54, 1.807) is 0 Å². The Balaban J connectivity index is 1.61. The first kappa shape index (κ1) is 21.3. The molecule has 7 heteroatoms. The molecule has 1 aromatic carbocycles. The van der Waals surface area contributed by atoms with Crippen molar-refractivity contribution in [1.82, 2.24) is 20.0 Å². The predicted molar refractivity (Wildman–Crippen MR) is 119 cm³/mol. The highest BCUT2D eigenvalue weighted by Gasteiger charge is 2.21. The summed E-state index contributed by atoms with van der Waals surface area (Å²) in [5.41, 5.74) is 2.91. The summed E-state index contributed by atoms with van der Waals surface area (Å²) in [5, 5.41) is 13.9. The van der Waals surface area contributed by atoms with Crippen LogP contribution in [-0.4, -0.2) is 46.9 Å². The number of nitrogens with zero attached hydrogens (tertiary/aromatic N) is 3. The van der Waals surface area contributed by atoms with Crippen LogP contribution in [0.5, 0.6) is 0 Å². The number of hydrogen-bond acceptors (Lipinski definition) is 4. The molecule has 0 aliphatic carbocycles. The van der Waals surface area contributed by atoms with E-state index >= 15 is 0 Å². The van der Waals surface area contributed by atoms with E-state index in [4.69, 9.17) is 0 Å². The van der Waals surface area contributed by atoms with Crippen LogP contribution in [0.25, 0.3) is 0 Å². The van der Waals surface area contributed by atoms with Crippen molar-refractivity contribution >= 4 is 17.5 Å². The number of rotatable bonds is 5. The highest BCUT2D eigenvalue weighted by Crippen LogP contribution is 2.26. The van der Waals surface area contributed by atoms with Gasteiger partial charge in [0, 0.05) is 55.9 Å². The Bertz CT molecular complexity index is 813. The largest absolute Gasteiger partial charge is 0.324 e. The molecule has 29 heavy (non-hydrogen) atoms. The molecule has 1 saturated heterocycles. The second-order valence-electron chi connectivity index (χ2n) is 9.01. The normalized spacial score (nSPS) is 15.5. The molecule has 2 aromatic rings. The average Bonchev–Trinajstić information content (AvgIpc) is 3.08. The SMILES string of the molecule is CC(C)n1nc(C(C)(C)C)cc1NC(=O)Nc1ccc(CN2CCNCC2)cc1. The molecule has 0 spiro atoms. The minimum absolute atomic E-state index is 0.0761. The van der Waals surface area contributed by atoms with Gasteiger partial charge >= 0.3 is 6.03 Å². The van der Waals surface area contributed by atoms with Gasteiger partial charge in [0.1, 0.15) is 5.82 Å². The number of hydrogen-bond donors (Lipinski definition) is 3. The molecular formula is C22H34N6O. The van der Waals surface area contributed by atoms with Gasteiger partial charge in [-0.2, -0.15) is 5.10 Å². The van der Waals surface area contributed by atoms with Crippen LogP contribution in [0.3, 0.4) is 0 Å². The lowest BCUT2D eigenvalue weighted by Gasteiger charge is -2.27. The summed E-state index contributed by atoms with van der Waals surface area (Å²) in [5.74, 6) is 0.706. The van der Waals surface area contributed by atoms with E-state index in [-0.39, 0.29) is 17.5 Å². The fourth-order valence-electron chi connectivity index (χ4n) is 3.35. The van der Waals surface area contributed by atoms with Crippen molar-refractivity contribution in [2.24, 2.45) is 0 Å². The second-order valence-corrected chi connectivity index (χ2v) is 9.01. The van der Waals surface area contributed by atoms with Crippen molar-refractivity contribution in [3.63, 3.8) is 0 Å². The van der Waals surface area contributed by atoms with Gasteiger partial charge in [0.2, 0.25) is 0 Å². The first-order valence-corrected chi connectivity index (χ1v) is 10.4. The summed E-state index contributed by atoms with van der Waals surface area (Å²) in [6, 6.07) is 9.92. The van der Waals surface area contributed by atoms with E-state index < -0.39 is 0 Å².